The molecule has 4 aromatic carbocycles. The number of hydrogen-bond donors (Lipinski definition) is 1. The van der Waals surface area contributed by atoms with E-state index < -0.39 is 11.3 Å². The fourth-order valence-electron chi connectivity index (χ4n) is 6.13. The number of nitrogens with one attached hydrogen (secondary N) is 1. The molecule has 5 nitrogen and oxygen atoms in total. The number of para-hydroxylation sites is 2. The van der Waals surface area contributed by atoms with Crippen LogP contribution >= 0.6 is 0 Å². The summed E-state index contributed by atoms with van der Waals surface area (Å²) in [6.07, 6.45) is 0.750. The number of aromatic nitrogens is 1. The van der Waals surface area contributed by atoms with Crippen molar-refractivity contribution < 1.29 is 9.53 Å². The van der Waals surface area contributed by atoms with Crippen LogP contribution in [0.3, 0.4) is 0 Å². The number of carbonyl (C=O) groups is 1. The van der Waals surface area contributed by atoms with Crippen molar-refractivity contribution >= 4 is 27.6 Å². The highest BCUT2D eigenvalue weighted by atomic mass is 16.5. The average molecular weight is 500 g/mol. The van der Waals surface area contributed by atoms with Gasteiger partial charge >= 0.3 is 0 Å². The molecule has 1 N–H and O–H groups in total. The molecule has 0 saturated carbocycles. The summed E-state index contributed by atoms with van der Waals surface area (Å²) in [7, 11) is 1.63. The molecule has 2 heterocycles. The van der Waals surface area contributed by atoms with Gasteiger partial charge in [0.15, 0.2) is 0 Å². The minimum absolute atomic E-state index is 0.173. The number of fused-ring (bicyclic) bond motifs is 4. The molecule has 5 aromatic rings. The van der Waals surface area contributed by atoms with Crippen LogP contribution in [0.4, 0.5) is 0 Å². The SMILES string of the molecule is COc1ccccc1[C@H](c1cccc2ccccc12)[C@@](C)(C#N)C(=O)N1CCc2c([nH]c3ccccc23)C1. The van der Waals surface area contributed by atoms with Gasteiger partial charge in [-0.25, -0.2) is 0 Å². The molecule has 1 aliphatic heterocycles. The number of rotatable bonds is 5. The Balaban J connectivity index is 1.48. The summed E-state index contributed by atoms with van der Waals surface area (Å²) in [6.45, 7) is 2.81. The minimum Gasteiger partial charge on any atom is -0.496 e. The number of hydrogen-bond acceptors (Lipinski definition) is 3. The van der Waals surface area contributed by atoms with Gasteiger partial charge in [0.2, 0.25) is 5.91 Å². The maximum atomic E-state index is 14.4. The number of amides is 1. The highest BCUT2D eigenvalue weighted by Crippen LogP contribution is 2.47. The Morgan fingerprint density at radius 1 is 0.947 bits per heavy atom. The zero-order valence-corrected chi connectivity index (χ0v) is 21.6. The fourth-order valence-corrected chi connectivity index (χ4v) is 6.13. The van der Waals surface area contributed by atoms with E-state index in [-0.39, 0.29) is 5.91 Å². The maximum absolute atomic E-state index is 14.4. The summed E-state index contributed by atoms with van der Waals surface area (Å²) in [5.41, 5.74) is 3.78. The molecule has 0 saturated heterocycles. The van der Waals surface area contributed by atoms with E-state index in [1.807, 2.05) is 65.6 Å². The van der Waals surface area contributed by atoms with Crippen LogP contribution in [-0.2, 0) is 17.8 Å². The predicted octanol–water partition coefficient (Wildman–Crippen LogP) is 6.58. The number of H-pyrrole nitrogens is 1. The van der Waals surface area contributed by atoms with Crippen LogP contribution in [0.15, 0.2) is 91.0 Å². The number of benzene rings is 4. The zero-order valence-electron chi connectivity index (χ0n) is 21.6. The summed E-state index contributed by atoms with van der Waals surface area (Å²) in [5, 5.41) is 14.1. The van der Waals surface area contributed by atoms with E-state index in [1.54, 1.807) is 14.0 Å². The lowest BCUT2D eigenvalue weighted by Crippen LogP contribution is -2.47. The molecule has 6 rings (SSSR count). The second kappa shape index (κ2) is 9.39. The van der Waals surface area contributed by atoms with Gasteiger partial charge in [-0.15, -0.1) is 0 Å². The van der Waals surface area contributed by atoms with Crippen LogP contribution < -0.4 is 4.74 Å². The molecule has 0 spiro atoms. The van der Waals surface area contributed by atoms with Crippen molar-refractivity contribution in [2.75, 3.05) is 13.7 Å². The molecule has 1 aliphatic rings. The summed E-state index contributed by atoms with van der Waals surface area (Å²) < 4.78 is 5.77. The molecular weight excluding hydrogens is 470 g/mol. The zero-order chi connectivity index (χ0) is 26.3. The Morgan fingerprint density at radius 3 is 2.45 bits per heavy atom. The lowest BCUT2D eigenvalue weighted by atomic mass is 9.68. The molecule has 0 aliphatic carbocycles. The standard InChI is InChI=1S/C33H29N3O2/c1-33(21-34,32(37)36-19-18-25-24-13-5-7-16-28(24)35-29(25)20-36)31(27-14-6-8-17-30(27)38-2)26-15-9-11-22-10-3-4-12-23(22)26/h3-17,31,35H,18-20H2,1-2H3/t31-,33+/m0/s1. The molecule has 2 atom stereocenters. The lowest BCUT2D eigenvalue weighted by Gasteiger charge is -2.38. The lowest BCUT2D eigenvalue weighted by molar-refractivity contribution is -0.140. The van der Waals surface area contributed by atoms with Crippen molar-refractivity contribution in [1.29, 1.82) is 5.26 Å². The van der Waals surface area contributed by atoms with Crippen LogP contribution in [0, 0.1) is 16.7 Å². The Kier molecular flexibility index (Phi) is 5.88. The minimum atomic E-state index is -1.37. The number of nitriles is 1. The number of aromatic amines is 1. The van der Waals surface area contributed by atoms with Crippen LogP contribution in [0.5, 0.6) is 5.75 Å². The first kappa shape index (κ1) is 23.8. The molecule has 188 valence electrons. The van der Waals surface area contributed by atoms with Crippen molar-refractivity contribution in [1.82, 2.24) is 9.88 Å². The first-order valence-corrected chi connectivity index (χ1v) is 12.9. The van der Waals surface area contributed by atoms with E-state index in [0.717, 1.165) is 39.5 Å². The van der Waals surface area contributed by atoms with Crippen LogP contribution in [0.2, 0.25) is 0 Å². The predicted molar refractivity (Wildman–Crippen MR) is 150 cm³/mol. The van der Waals surface area contributed by atoms with Crippen LogP contribution in [0.25, 0.3) is 21.7 Å². The summed E-state index contributed by atoms with van der Waals surface area (Å²) >= 11 is 0. The van der Waals surface area contributed by atoms with E-state index in [4.69, 9.17) is 4.74 Å². The Labute approximate surface area is 222 Å². The van der Waals surface area contributed by atoms with Crippen LogP contribution in [-0.4, -0.2) is 29.4 Å². The monoisotopic (exact) mass is 499 g/mol. The Morgan fingerprint density at radius 2 is 1.63 bits per heavy atom. The van der Waals surface area contributed by atoms with E-state index in [0.29, 0.717) is 18.8 Å². The van der Waals surface area contributed by atoms with E-state index in [2.05, 4.69) is 41.4 Å². The largest absolute Gasteiger partial charge is 0.496 e. The normalized spacial score (nSPS) is 15.4. The smallest absolute Gasteiger partial charge is 0.244 e. The highest BCUT2D eigenvalue weighted by molar-refractivity contribution is 5.92. The van der Waals surface area contributed by atoms with E-state index in [9.17, 15) is 10.1 Å². The summed E-state index contributed by atoms with van der Waals surface area (Å²) in [6, 6.07) is 32.7. The van der Waals surface area contributed by atoms with Crippen LogP contribution in [0.1, 0.15) is 35.2 Å². The second-order valence-electron chi connectivity index (χ2n) is 10.2. The van der Waals surface area contributed by atoms with Crippen molar-refractivity contribution in [3.63, 3.8) is 0 Å². The quantitative estimate of drug-likeness (QED) is 0.297. The topological polar surface area (TPSA) is 69.1 Å². The molecule has 5 heteroatoms. The van der Waals surface area contributed by atoms with Crippen molar-refractivity contribution in [2.24, 2.45) is 5.41 Å². The van der Waals surface area contributed by atoms with Gasteiger partial charge in [0.05, 0.1) is 19.7 Å². The second-order valence-corrected chi connectivity index (χ2v) is 10.2. The first-order chi connectivity index (χ1) is 18.5. The number of methoxy groups -OCH3 is 1. The molecule has 0 fully saturated rings. The maximum Gasteiger partial charge on any atom is 0.244 e. The third-order valence-electron chi connectivity index (χ3n) is 8.01. The first-order valence-electron chi connectivity index (χ1n) is 12.9. The third-order valence-corrected chi connectivity index (χ3v) is 8.01. The van der Waals surface area contributed by atoms with E-state index in [1.165, 1.54) is 10.9 Å². The van der Waals surface area contributed by atoms with Crippen molar-refractivity contribution in [2.45, 2.75) is 25.8 Å². The van der Waals surface area contributed by atoms with Gasteiger partial charge in [-0.2, -0.15) is 5.26 Å². The number of ether oxygens (including phenoxy) is 1. The molecule has 38 heavy (non-hydrogen) atoms. The number of carbonyl (C=O) groups excluding carboxylic acids is 1. The van der Waals surface area contributed by atoms with Gasteiger partial charge in [0, 0.05) is 34.6 Å². The Bertz CT molecular complexity index is 1710. The van der Waals surface area contributed by atoms with E-state index >= 15 is 0 Å². The molecule has 0 radical (unpaired) electrons. The molecule has 0 bridgehead atoms. The summed E-state index contributed by atoms with van der Waals surface area (Å²) in [4.78, 5) is 19.8. The van der Waals surface area contributed by atoms with Gasteiger partial charge in [-0.05, 0) is 47.4 Å². The third kappa shape index (κ3) is 3.72. The van der Waals surface area contributed by atoms with Gasteiger partial charge < -0.3 is 14.6 Å². The fraction of sp³-hybridized carbons (Fsp3) is 0.212. The average Bonchev–Trinajstić information content (AvgIpc) is 3.35. The van der Waals surface area contributed by atoms with Crippen molar-refractivity contribution in [3.05, 3.63) is 113 Å². The molecular formula is C33H29N3O2. The summed E-state index contributed by atoms with van der Waals surface area (Å²) in [5.74, 6) is -0.0456. The van der Waals surface area contributed by atoms with Gasteiger partial charge in [0.25, 0.3) is 0 Å². The van der Waals surface area contributed by atoms with Gasteiger partial charge in [-0.1, -0.05) is 78.9 Å². The van der Waals surface area contributed by atoms with Crippen molar-refractivity contribution in [3.8, 4) is 11.8 Å². The van der Waals surface area contributed by atoms with Gasteiger partial charge in [0.1, 0.15) is 11.2 Å². The number of nitrogens with zero attached hydrogens (tertiary/aromatic N) is 2. The van der Waals surface area contributed by atoms with Gasteiger partial charge in [-0.3, -0.25) is 4.79 Å². The molecule has 1 aromatic heterocycles. The Hall–Kier alpha value is -4.56. The molecule has 0 unspecified atom stereocenters. The molecule has 1 amide bonds. The highest BCUT2D eigenvalue weighted by Gasteiger charge is 2.48.